The maximum absolute atomic E-state index is 14.2. The Morgan fingerprint density at radius 1 is 1.00 bits per heavy atom. The molecule has 1 aromatic rings. The van der Waals surface area contributed by atoms with Crippen LogP contribution in [0.15, 0.2) is 21.7 Å². The predicted molar refractivity (Wildman–Crippen MR) is 192 cm³/mol. The highest BCUT2D eigenvalue weighted by molar-refractivity contribution is 7.91. The number of sulfonamides is 1. The van der Waals surface area contributed by atoms with Gasteiger partial charge in [-0.1, -0.05) is 78.7 Å². The second-order valence-electron chi connectivity index (χ2n) is 15.4. The minimum absolute atomic E-state index is 0.00433. The summed E-state index contributed by atoms with van der Waals surface area (Å²) in [4.78, 5) is 68.9. The Morgan fingerprint density at radius 3 is 2.24 bits per heavy atom. The Kier molecular flexibility index (Phi) is 13.9. The van der Waals surface area contributed by atoms with E-state index in [1.165, 1.54) is 16.3 Å². The number of hydrogen-bond donors (Lipinski definition) is 4. The van der Waals surface area contributed by atoms with Gasteiger partial charge in [-0.25, -0.2) is 13.2 Å². The number of amides is 5. The average molecular weight is 737 g/mol. The van der Waals surface area contributed by atoms with Crippen molar-refractivity contribution < 1.29 is 32.4 Å². The minimum atomic E-state index is -3.76. The summed E-state index contributed by atoms with van der Waals surface area (Å²) in [6, 6.07) is -0.708. The van der Waals surface area contributed by atoms with Crippen molar-refractivity contribution in [2.75, 3.05) is 20.1 Å². The fraction of sp³-hybridized carbons (Fsp3) is 0.743. The van der Waals surface area contributed by atoms with Crippen LogP contribution in [0.1, 0.15) is 105 Å². The van der Waals surface area contributed by atoms with E-state index in [2.05, 4.69) is 21.3 Å². The molecule has 3 fully saturated rings. The number of carbonyl (C=O) groups excluding carboxylic acids is 5. The molecule has 5 atom stereocenters. The van der Waals surface area contributed by atoms with E-state index >= 15 is 0 Å². The first-order chi connectivity index (χ1) is 23.6. The molecule has 3 heterocycles. The summed E-state index contributed by atoms with van der Waals surface area (Å²) >= 11 is 1.12. The van der Waals surface area contributed by atoms with Gasteiger partial charge in [-0.05, 0) is 54.9 Å². The maximum Gasteiger partial charge on any atom is 0.315 e. The summed E-state index contributed by atoms with van der Waals surface area (Å²) in [5.74, 6) is -2.19. The Hall–Kier alpha value is -3.04. The van der Waals surface area contributed by atoms with Crippen LogP contribution >= 0.6 is 11.3 Å². The quantitative estimate of drug-likeness (QED) is 0.281. The first-order valence-corrected chi connectivity index (χ1v) is 20.4. The predicted octanol–water partition coefficient (Wildman–Crippen LogP) is 3.55. The highest BCUT2D eigenvalue weighted by Gasteiger charge is 2.42. The molecule has 280 valence electrons. The van der Waals surface area contributed by atoms with Crippen molar-refractivity contribution in [3.8, 4) is 0 Å². The lowest BCUT2D eigenvalue weighted by Crippen LogP contribution is -2.59. The number of rotatable bonds is 9. The summed E-state index contributed by atoms with van der Waals surface area (Å²) in [6.07, 6.45) is 8.81. The van der Waals surface area contributed by atoms with Crippen molar-refractivity contribution in [1.29, 1.82) is 0 Å². The number of Topliss-reactive ketones (excluding diaryl/α,β-unsaturated/α-hetero) is 1. The topological polar surface area (TPSA) is 174 Å². The lowest BCUT2D eigenvalue weighted by atomic mass is 9.87. The first kappa shape index (κ1) is 39.7. The number of ketones is 1. The molecule has 13 nitrogen and oxygen atoms in total. The van der Waals surface area contributed by atoms with Crippen LogP contribution in [0.5, 0.6) is 0 Å². The Bertz CT molecular complexity index is 1460. The largest absolute Gasteiger partial charge is 0.347 e. The highest BCUT2D eigenvalue weighted by Crippen LogP contribution is 2.27. The fourth-order valence-corrected chi connectivity index (χ4v) is 8.96. The van der Waals surface area contributed by atoms with E-state index in [-0.39, 0.29) is 28.6 Å². The molecule has 0 unspecified atom stereocenters. The lowest BCUT2D eigenvalue weighted by Gasteiger charge is -2.35. The molecule has 1 aliphatic carbocycles. The number of nitrogens with zero attached hydrogens (tertiary/aromatic N) is 2. The third-order valence-corrected chi connectivity index (χ3v) is 13.1. The normalized spacial score (nSPS) is 25.4. The molecule has 0 radical (unpaired) electrons. The van der Waals surface area contributed by atoms with Gasteiger partial charge >= 0.3 is 6.03 Å². The van der Waals surface area contributed by atoms with Gasteiger partial charge in [0.15, 0.2) is 0 Å². The molecular formula is C35H56N6O7S2. The summed E-state index contributed by atoms with van der Waals surface area (Å²) in [6.45, 7) is 8.00. The molecule has 5 amide bonds. The molecule has 15 heteroatoms. The van der Waals surface area contributed by atoms with Gasteiger partial charge in [-0.3, -0.25) is 19.2 Å². The number of urea groups is 1. The number of fused-ring (bicyclic) bond motifs is 1. The fourth-order valence-electron chi connectivity index (χ4n) is 6.57. The van der Waals surface area contributed by atoms with Gasteiger partial charge in [0.2, 0.25) is 17.6 Å². The second-order valence-corrected chi connectivity index (χ2v) is 18.6. The summed E-state index contributed by atoms with van der Waals surface area (Å²) in [7, 11) is -2.27. The van der Waals surface area contributed by atoms with E-state index in [9.17, 15) is 32.4 Å². The van der Waals surface area contributed by atoms with Crippen LogP contribution in [0.4, 0.5) is 4.79 Å². The van der Waals surface area contributed by atoms with Gasteiger partial charge in [0.1, 0.15) is 16.3 Å². The molecular weight excluding hydrogens is 681 g/mol. The molecule has 3 aliphatic rings. The van der Waals surface area contributed by atoms with E-state index in [1.807, 2.05) is 27.7 Å². The molecule has 4 rings (SSSR count). The van der Waals surface area contributed by atoms with Gasteiger partial charge in [-0.2, -0.15) is 4.31 Å². The van der Waals surface area contributed by atoms with Gasteiger partial charge in [-0.15, -0.1) is 11.3 Å². The molecule has 0 aromatic carbocycles. The maximum atomic E-state index is 14.2. The smallest absolute Gasteiger partial charge is 0.315 e. The number of hydrogen-bond acceptors (Lipinski definition) is 8. The van der Waals surface area contributed by atoms with Crippen molar-refractivity contribution >= 4 is 50.9 Å². The van der Waals surface area contributed by atoms with Crippen LogP contribution in [0.3, 0.4) is 0 Å². The van der Waals surface area contributed by atoms with Crippen molar-refractivity contribution in [3.05, 3.63) is 17.5 Å². The Balaban J connectivity index is 1.50. The van der Waals surface area contributed by atoms with Crippen LogP contribution in [0.25, 0.3) is 0 Å². The second kappa shape index (κ2) is 17.5. The first-order valence-electron chi connectivity index (χ1n) is 18.1. The number of carbonyl (C=O) groups is 5. The molecule has 2 aliphatic heterocycles. The number of thiophene rings is 1. The molecule has 2 saturated heterocycles. The van der Waals surface area contributed by atoms with Crippen LogP contribution in [-0.2, 0) is 29.2 Å². The SMILES string of the molecule is C[C@@H]1C[C@H]2C(=O)N[C@H](C(=O)C(=O)NC3CC3)CCCCCCCCC[C@H](NC(=O)N[C@H](CN(C)S(=O)(=O)c3cccs3)C(C)(C)C)C(=O)N2C1. The Labute approximate surface area is 301 Å². The molecule has 4 N–H and O–H groups in total. The van der Waals surface area contributed by atoms with E-state index in [0.29, 0.717) is 38.6 Å². The standard InChI is InChI=1S/C35H56N6O7S2/c1-23-20-27-31(43)37-25(30(42)32(44)36-24-17-18-24)14-11-9-7-6-8-10-12-15-26(33(45)41(27)21-23)38-34(46)39-28(35(2,3)4)22-40(5)50(47,48)29-16-13-19-49-29/h13,16,19,23-28H,6-12,14-15,17-18,20-22H2,1-5H3,(H,36,44)(H,37,43)(H2,38,39,46)/t23-,25+,26+,27+,28-/m1/s1. The summed E-state index contributed by atoms with van der Waals surface area (Å²) in [5.41, 5.74) is -0.530. The zero-order valence-electron chi connectivity index (χ0n) is 30.2. The summed E-state index contributed by atoms with van der Waals surface area (Å²) < 4.78 is 27.7. The van der Waals surface area contributed by atoms with Crippen molar-refractivity contribution in [1.82, 2.24) is 30.5 Å². The molecule has 0 bridgehead atoms. The van der Waals surface area contributed by atoms with Crippen molar-refractivity contribution in [2.24, 2.45) is 11.3 Å². The van der Waals surface area contributed by atoms with E-state index in [1.54, 1.807) is 17.5 Å². The van der Waals surface area contributed by atoms with Gasteiger partial charge in [0.25, 0.3) is 15.9 Å². The Morgan fingerprint density at radius 2 is 1.64 bits per heavy atom. The van der Waals surface area contributed by atoms with Crippen molar-refractivity contribution in [2.45, 2.75) is 139 Å². The molecule has 0 spiro atoms. The van der Waals surface area contributed by atoms with Crippen LogP contribution in [-0.4, -0.2) is 97.5 Å². The average Bonchev–Trinajstić information content (AvgIpc) is 3.50. The zero-order valence-corrected chi connectivity index (χ0v) is 31.8. The monoisotopic (exact) mass is 736 g/mol. The van der Waals surface area contributed by atoms with Crippen LogP contribution < -0.4 is 21.3 Å². The van der Waals surface area contributed by atoms with E-state index < -0.39 is 63.2 Å². The number of nitrogens with one attached hydrogen (secondary N) is 4. The van der Waals surface area contributed by atoms with Crippen molar-refractivity contribution in [3.63, 3.8) is 0 Å². The molecule has 50 heavy (non-hydrogen) atoms. The molecule has 1 aromatic heterocycles. The lowest BCUT2D eigenvalue weighted by molar-refractivity contribution is -0.143. The van der Waals surface area contributed by atoms with Gasteiger partial charge in [0.05, 0.1) is 6.04 Å². The van der Waals surface area contributed by atoms with Crippen LogP contribution in [0.2, 0.25) is 0 Å². The third kappa shape index (κ3) is 11.0. The van der Waals surface area contributed by atoms with Gasteiger partial charge < -0.3 is 26.2 Å². The van der Waals surface area contributed by atoms with E-state index in [0.717, 1.165) is 56.3 Å². The zero-order chi connectivity index (χ0) is 36.6. The highest BCUT2D eigenvalue weighted by atomic mass is 32.2. The summed E-state index contributed by atoms with van der Waals surface area (Å²) in [5, 5.41) is 13.1. The number of likely N-dealkylation sites (N-methyl/N-ethyl adjacent to an activating group) is 1. The van der Waals surface area contributed by atoms with E-state index in [4.69, 9.17) is 0 Å². The van der Waals surface area contributed by atoms with Crippen LogP contribution in [0, 0.1) is 11.3 Å². The molecule has 1 saturated carbocycles. The van der Waals surface area contributed by atoms with Gasteiger partial charge in [0, 0.05) is 32.2 Å². The minimum Gasteiger partial charge on any atom is -0.347 e. The third-order valence-electron chi connectivity index (χ3n) is 9.90.